The number of benzene rings is 1. The molecule has 0 bridgehead atoms. The highest BCUT2D eigenvalue weighted by Gasteiger charge is 2.14. The molecule has 0 aliphatic carbocycles. The third kappa shape index (κ3) is 3.21. The molecular weight excluding hydrogens is 262 g/mol. The summed E-state index contributed by atoms with van der Waals surface area (Å²) in [4.78, 5) is 10.6. The van der Waals surface area contributed by atoms with E-state index in [2.05, 4.69) is 15.9 Å². The van der Waals surface area contributed by atoms with E-state index in [0.717, 1.165) is 10.0 Å². The first-order valence-electron chi connectivity index (χ1n) is 4.42. The van der Waals surface area contributed by atoms with E-state index in [-0.39, 0.29) is 0 Å². The van der Waals surface area contributed by atoms with Crippen molar-refractivity contribution in [1.82, 2.24) is 0 Å². The molecule has 1 atom stereocenters. The Bertz CT molecular complexity index is 368. The Morgan fingerprint density at radius 3 is 2.87 bits per heavy atom. The van der Waals surface area contributed by atoms with Gasteiger partial charge in [-0.15, -0.1) is 0 Å². The quantitative estimate of drug-likeness (QED) is 0.877. The minimum atomic E-state index is -0.999. The fraction of sp³-hybridized carbons (Fsp3) is 0.300. The van der Waals surface area contributed by atoms with Crippen molar-refractivity contribution in [2.45, 2.75) is 19.6 Å². The number of hydrogen-bond acceptors (Lipinski definition) is 3. The SMILES string of the molecule is CC(Oc1ccc(Br)cc1CN)C(=O)O. The van der Waals surface area contributed by atoms with Crippen molar-refractivity contribution < 1.29 is 14.6 Å². The van der Waals surface area contributed by atoms with Crippen molar-refractivity contribution >= 4 is 21.9 Å². The van der Waals surface area contributed by atoms with Crippen molar-refractivity contribution in [3.8, 4) is 5.75 Å². The van der Waals surface area contributed by atoms with Gasteiger partial charge in [-0.1, -0.05) is 15.9 Å². The van der Waals surface area contributed by atoms with E-state index in [1.165, 1.54) is 6.92 Å². The third-order valence-electron chi connectivity index (χ3n) is 1.89. The molecule has 1 aromatic rings. The van der Waals surface area contributed by atoms with Crippen LogP contribution in [0.1, 0.15) is 12.5 Å². The van der Waals surface area contributed by atoms with Crippen LogP contribution in [0.4, 0.5) is 0 Å². The van der Waals surface area contributed by atoms with Crippen LogP contribution in [0.3, 0.4) is 0 Å². The molecule has 0 fully saturated rings. The maximum atomic E-state index is 10.6. The van der Waals surface area contributed by atoms with Gasteiger partial charge >= 0.3 is 5.97 Å². The number of hydrogen-bond donors (Lipinski definition) is 2. The third-order valence-corrected chi connectivity index (χ3v) is 2.39. The average Bonchev–Trinajstić information content (AvgIpc) is 2.20. The Labute approximate surface area is 96.2 Å². The molecule has 5 heteroatoms. The number of carboxylic acids is 1. The van der Waals surface area contributed by atoms with Crippen LogP contribution in [-0.4, -0.2) is 17.2 Å². The molecule has 1 rings (SSSR count). The monoisotopic (exact) mass is 273 g/mol. The molecule has 3 N–H and O–H groups in total. The van der Waals surface area contributed by atoms with Crippen molar-refractivity contribution in [3.05, 3.63) is 28.2 Å². The van der Waals surface area contributed by atoms with E-state index in [0.29, 0.717) is 12.3 Å². The minimum Gasteiger partial charge on any atom is -0.479 e. The van der Waals surface area contributed by atoms with Crippen LogP contribution in [0.2, 0.25) is 0 Å². The van der Waals surface area contributed by atoms with Crippen molar-refractivity contribution in [3.63, 3.8) is 0 Å². The van der Waals surface area contributed by atoms with Crippen LogP contribution in [0.25, 0.3) is 0 Å². The lowest BCUT2D eigenvalue weighted by Crippen LogP contribution is -2.23. The predicted octanol–water partition coefficient (Wildman–Crippen LogP) is 1.76. The lowest BCUT2D eigenvalue weighted by molar-refractivity contribution is -0.144. The first kappa shape index (κ1) is 12.0. The van der Waals surface area contributed by atoms with Gasteiger partial charge in [0.1, 0.15) is 5.75 Å². The average molecular weight is 274 g/mol. The van der Waals surface area contributed by atoms with Crippen molar-refractivity contribution in [1.29, 1.82) is 0 Å². The second-order valence-electron chi connectivity index (χ2n) is 3.05. The standard InChI is InChI=1S/C10H12BrNO3/c1-6(10(13)14)15-9-3-2-8(11)4-7(9)5-12/h2-4,6H,5,12H2,1H3,(H,13,14). The molecule has 0 aliphatic heterocycles. The van der Waals surface area contributed by atoms with Crippen LogP contribution in [0.5, 0.6) is 5.75 Å². The Morgan fingerprint density at radius 2 is 2.33 bits per heavy atom. The molecule has 0 saturated carbocycles. The van der Waals surface area contributed by atoms with Crippen LogP contribution >= 0.6 is 15.9 Å². The van der Waals surface area contributed by atoms with E-state index in [9.17, 15) is 4.79 Å². The molecule has 0 radical (unpaired) electrons. The molecule has 0 saturated heterocycles. The summed E-state index contributed by atoms with van der Waals surface area (Å²) in [5.41, 5.74) is 6.30. The number of halogens is 1. The smallest absolute Gasteiger partial charge is 0.344 e. The summed E-state index contributed by atoms with van der Waals surface area (Å²) < 4.78 is 6.14. The van der Waals surface area contributed by atoms with Gasteiger partial charge < -0.3 is 15.6 Å². The topological polar surface area (TPSA) is 72.5 Å². The van der Waals surface area contributed by atoms with Gasteiger partial charge in [0.25, 0.3) is 0 Å². The Hall–Kier alpha value is -1.07. The predicted molar refractivity (Wildman–Crippen MR) is 59.8 cm³/mol. The zero-order valence-electron chi connectivity index (χ0n) is 8.24. The lowest BCUT2D eigenvalue weighted by atomic mass is 10.2. The fourth-order valence-electron chi connectivity index (χ4n) is 1.06. The van der Waals surface area contributed by atoms with Gasteiger partial charge in [0.15, 0.2) is 6.10 Å². The Morgan fingerprint density at radius 1 is 1.67 bits per heavy atom. The minimum absolute atomic E-state index is 0.307. The van der Waals surface area contributed by atoms with Crippen LogP contribution < -0.4 is 10.5 Å². The van der Waals surface area contributed by atoms with Gasteiger partial charge in [-0.25, -0.2) is 4.79 Å². The second kappa shape index (κ2) is 5.14. The molecule has 0 amide bonds. The van der Waals surface area contributed by atoms with E-state index in [4.69, 9.17) is 15.6 Å². The number of aliphatic carboxylic acids is 1. The highest BCUT2D eigenvalue weighted by atomic mass is 79.9. The van der Waals surface area contributed by atoms with Gasteiger partial charge in [0.05, 0.1) is 0 Å². The molecule has 0 aromatic heterocycles. The number of nitrogens with two attached hydrogens (primary N) is 1. The summed E-state index contributed by atoms with van der Waals surface area (Å²) in [6.45, 7) is 1.78. The lowest BCUT2D eigenvalue weighted by Gasteiger charge is -2.13. The van der Waals surface area contributed by atoms with E-state index in [1.807, 2.05) is 6.07 Å². The summed E-state index contributed by atoms with van der Waals surface area (Å²) in [6.07, 6.45) is -0.878. The molecule has 15 heavy (non-hydrogen) atoms. The highest BCUT2D eigenvalue weighted by Crippen LogP contribution is 2.23. The van der Waals surface area contributed by atoms with Gasteiger partial charge in [-0.2, -0.15) is 0 Å². The second-order valence-corrected chi connectivity index (χ2v) is 3.97. The molecule has 82 valence electrons. The van der Waals surface area contributed by atoms with Crippen LogP contribution in [0.15, 0.2) is 22.7 Å². The van der Waals surface area contributed by atoms with Crippen molar-refractivity contribution in [2.24, 2.45) is 5.73 Å². The summed E-state index contributed by atoms with van der Waals surface area (Å²) in [5, 5.41) is 8.70. The van der Waals surface area contributed by atoms with Gasteiger partial charge in [-0.3, -0.25) is 0 Å². The van der Waals surface area contributed by atoms with E-state index < -0.39 is 12.1 Å². The molecule has 1 aromatic carbocycles. The molecular formula is C10H12BrNO3. The Balaban J connectivity index is 2.89. The largest absolute Gasteiger partial charge is 0.479 e. The summed E-state index contributed by atoms with van der Waals surface area (Å²) >= 11 is 3.30. The van der Waals surface area contributed by atoms with E-state index in [1.54, 1.807) is 12.1 Å². The fourth-order valence-corrected chi connectivity index (χ4v) is 1.47. The first-order chi connectivity index (χ1) is 7.04. The van der Waals surface area contributed by atoms with Gasteiger partial charge in [0, 0.05) is 16.6 Å². The van der Waals surface area contributed by atoms with Crippen LogP contribution in [-0.2, 0) is 11.3 Å². The molecule has 0 aliphatic rings. The maximum absolute atomic E-state index is 10.6. The van der Waals surface area contributed by atoms with Gasteiger partial charge in [0.2, 0.25) is 0 Å². The number of carbonyl (C=O) groups is 1. The first-order valence-corrected chi connectivity index (χ1v) is 5.22. The summed E-state index contributed by atoms with van der Waals surface area (Å²) in [5.74, 6) is -0.489. The van der Waals surface area contributed by atoms with Crippen molar-refractivity contribution in [2.75, 3.05) is 0 Å². The molecule has 0 spiro atoms. The molecule has 4 nitrogen and oxygen atoms in total. The highest BCUT2D eigenvalue weighted by molar-refractivity contribution is 9.10. The van der Waals surface area contributed by atoms with Gasteiger partial charge in [-0.05, 0) is 25.1 Å². The van der Waals surface area contributed by atoms with E-state index >= 15 is 0 Å². The molecule has 0 heterocycles. The number of ether oxygens (including phenoxy) is 1. The zero-order chi connectivity index (χ0) is 11.4. The number of rotatable bonds is 4. The zero-order valence-corrected chi connectivity index (χ0v) is 9.82. The summed E-state index contributed by atoms with van der Waals surface area (Å²) in [6, 6.07) is 5.29. The normalized spacial score (nSPS) is 12.2. The molecule has 1 unspecified atom stereocenters. The Kier molecular flexibility index (Phi) is 4.11. The number of carboxylic acid groups (broad SMARTS) is 1. The maximum Gasteiger partial charge on any atom is 0.344 e. The van der Waals surface area contributed by atoms with Crippen LogP contribution in [0, 0.1) is 0 Å². The summed E-state index contributed by atoms with van der Waals surface area (Å²) in [7, 11) is 0.